The van der Waals surface area contributed by atoms with Gasteiger partial charge in [0.1, 0.15) is 11.9 Å². The lowest BCUT2D eigenvalue weighted by Crippen LogP contribution is -2.01. The summed E-state index contributed by atoms with van der Waals surface area (Å²) >= 11 is 3.51. The Kier molecular flexibility index (Phi) is 3.33. The quantitative estimate of drug-likeness (QED) is 0.913. The van der Waals surface area contributed by atoms with Crippen molar-refractivity contribution >= 4 is 15.9 Å². The number of hydrogen-bond donors (Lipinski definition) is 1. The summed E-state index contributed by atoms with van der Waals surface area (Å²) in [7, 11) is 0. The molecule has 0 saturated heterocycles. The first kappa shape index (κ1) is 12.7. The first-order valence-electron chi connectivity index (χ1n) is 6.35. The third-order valence-corrected chi connectivity index (χ3v) is 4.20. The van der Waals surface area contributed by atoms with Crippen LogP contribution in [0.15, 0.2) is 40.9 Å². The molecule has 3 heteroatoms. The van der Waals surface area contributed by atoms with E-state index in [9.17, 15) is 5.11 Å². The summed E-state index contributed by atoms with van der Waals surface area (Å²) < 4.78 is 6.42. The van der Waals surface area contributed by atoms with Gasteiger partial charge in [-0.2, -0.15) is 0 Å². The maximum Gasteiger partial charge on any atom is 0.122 e. The summed E-state index contributed by atoms with van der Waals surface area (Å²) in [5.41, 5.74) is 4.14. The van der Waals surface area contributed by atoms with E-state index in [0.717, 1.165) is 39.9 Å². The van der Waals surface area contributed by atoms with Crippen LogP contribution in [0.3, 0.4) is 0 Å². The van der Waals surface area contributed by atoms with E-state index in [2.05, 4.69) is 15.9 Å². The van der Waals surface area contributed by atoms with E-state index in [4.69, 9.17) is 4.74 Å². The van der Waals surface area contributed by atoms with Gasteiger partial charge >= 0.3 is 0 Å². The molecule has 0 saturated carbocycles. The van der Waals surface area contributed by atoms with Gasteiger partial charge in [0, 0.05) is 10.9 Å². The Bertz CT molecular complexity index is 622. The van der Waals surface area contributed by atoms with Crippen molar-refractivity contribution in [2.45, 2.75) is 19.4 Å². The molecular weight excluding hydrogens is 304 g/mol. The van der Waals surface area contributed by atoms with E-state index in [1.165, 1.54) is 5.56 Å². The molecular formula is C16H15BrO2. The van der Waals surface area contributed by atoms with Gasteiger partial charge < -0.3 is 9.84 Å². The standard InChI is InChI=1S/C16H15BrO2/c1-10-2-4-14(17)13(8-10)16(18)12-3-5-15-11(9-12)6-7-19-15/h2-5,8-9,16,18H,6-7H2,1H3. The van der Waals surface area contributed by atoms with E-state index < -0.39 is 6.10 Å². The fourth-order valence-electron chi connectivity index (χ4n) is 2.43. The van der Waals surface area contributed by atoms with Gasteiger partial charge in [-0.05, 0) is 41.8 Å². The summed E-state index contributed by atoms with van der Waals surface area (Å²) in [5, 5.41) is 10.6. The lowest BCUT2D eigenvalue weighted by atomic mass is 9.98. The molecule has 0 bridgehead atoms. The van der Waals surface area contributed by atoms with Gasteiger partial charge in [0.2, 0.25) is 0 Å². The van der Waals surface area contributed by atoms with Crippen molar-refractivity contribution in [3.05, 3.63) is 63.1 Å². The lowest BCUT2D eigenvalue weighted by Gasteiger charge is -2.15. The molecule has 0 aliphatic carbocycles. The van der Waals surface area contributed by atoms with Crippen molar-refractivity contribution in [2.24, 2.45) is 0 Å². The second-order valence-corrected chi connectivity index (χ2v) is 5.75. The maximum atomic E-state index is 10.6. The Morgan fingerprint density at radius 2 is 2.05 bits per heavy atom. The van der Waals surface area contributed by atoms with Crippen molar-refractivity contribution < 1.29 is 9.84 Å². The van der Waals surface area contributed by atoms with E-state index in [0.29, 0.717) is 0 Å². The Morgan fingerprint density at radius 1 is 1.21 bits per heavy atom. The second-order valence-electron chi connectivity index (χ2n) is 4.89. The van der Waals surface area contributed by atoms with Crippen LogP contribution in [-0.2, 0) is 6.42 Å². The van der Waals surface area contributed by atoms with Crippen LogP contribution in [0.4, 0.5) is 0 Å². The molecule has 1 unspecified atom stereocenters. The van der Waals surface area contributed by atoms with Crippen molar-refractivity contribution in [3.8, 4) is 5.75 Å². The van der Waals surface area contributed by atoms with E-state index >= 15 is 0 Å². The molecule has 1 heterocycles. The summed E-state index contributed by atoms with van der Waals surface area (Å²) in [4.78, 5) is 0. The van der Waals surface area contributed by atoms with Crippen molar-refractivity contribution in [3.63, 3.8) is 0 Å². The third-order valence-electron chi connectivity index (χ3n) is 3.48. The van der Waals surface area contributed by atoms with Crippen molar-refractivity contribution in [2.75, 3.05) is 6.61 Å². The molecule has 2 nitrogen and oxygen atoms in total. The highest BCUT2D eigenvalue weighted by Crippen LogP contribution is 2.33. The molecule has 0 spiro atoms. The number of hydrogen-bond acceptors (Lipinski definition) is 2. The molecule has 1 aliphatic rings. The highest BCUT2D eigenvalue weighted by atomic mass is 79.9. The number of aliphatic hydroxyl groups excluding tert-OH is 1. The maximum absolute atomic E-state index is 10.6. The third kappa shape index (κ3) is 2.40. The minimum atomic E-state index is -0.611. The minimum absolute atomic E-state index is 0.611. The van der Waals surface area contributed by atoms with Crippen LogP contribution in [0.5, 0.6) is 5.75 Å². The topological polar surface area (TPSA) is 29.5 Å². The molecule has 2 aromatic rings. The Balaban J connectivity index is 1.99. The number of fused-ring (bicyclic) bond motifs is 1. The Hall–Kier alpha value is -1.32. The van der Waals surface area contributed by atoms with Crippen LogP contribution in [0, 0.1) is 6.92 Å². The normalized spacial score (nSPS) is 14.9. The fraction of sp³-hybridized carbons (Fsp3) is 0.250. The van der Waals surface area contributed by atoms with Gasteiger partial charge in [-0.25, -0.2) is 0 Å². The summed E-state index contributed by atoms with van der Waals surface area (Å²) in [6.07, 6.45) is 0.311. The Morgan fingerprint density at radius 3 is 2.89 bits per heavy atom. The Labute approximate surface area is 121 Å². The summed E-state index contributed by atoms with van der Waals surface area (Å²) in [5.74, 6) is 0.944. The van der Waals surface area contributed by atoms with Crippen LogP contribution in [0.1, 0.15) is 28.4 Å². The molecule has 0 fully saturated rings. The fourth-order valence-corrected chi connectivity index (χ4v) is 2.89. The number of aliphatic hydroxyl groups is 1. The molecule has 0 amide bonds. The molecule has 0 radical (unpaired) electrons. The lowest BCUT2D eigenvalue weighted by molar-refractivity contribution is 0.219. The summed E-state index contributed by atoms with van der Waals surface area (Å²) in [6, 6.07) is 11.9. The minimum Gasteiger partial charge on any atom is -0.493 e. The monoisotopic (exact) mass is 318 g/mol. The van der Waals surface area contributed by atoms with Gasteiger partial charge in [0.05, 0.1) is 6.61 Å². The average Bonchev–Trinajstić information content (AvgIpc) is 2.88. The summed E-state index contributed by atoms with van der Waals surface area (Å²) in [6.45, 7) is 2.77. The highest BCUT2D eigenvalue weighted by molar-refractivity contribution is 9.10. The first-order valence-corrected chi connectivity index (χ1v) is 7.14. The SMILES string of the molecule is Cc1ccc(Br)c(C(O)c2ccc3c(c2)CCO3)c1. The zero-order valence-electron chi connectivity index (χ0n) is 10.7. The zero-order valence-corrected chi connectivity index (χ0v) is 12.3. The van der Waals surface area contributed by atoms with Gasteiger partial charge in [-0.3, -0.25) is 0 Å². The average molecular weight is 319 g/mol. The van der Waals surface area contributed by atoms with Gasteiger partial charge in [0.15, 0.2) is 0 Å². The molecule has 1 aliphatic heterocycles. The number of ether oxygens (including phenoxy) is 1. The molecule has 2 aromatic carbocycles. The van der Waals surface area contributed by atoms with Crippen LogP contribution >= 0.6 is 15.9 Å². The number of aryl methyl sites for hydroxylation is 1. The molecule has 98 valence electrons. The number of rotatable bonds is 2. The van der Waals surface area contributed by atoms with Crippen LogP contribution in [-0.4, -0.2) is 11.7 Å². The van der Waals surface area contributed by atoms with Gasteiger partial charge in [-0.15, -0.1) is 0 Å². The predicted octanol–water partition coefficient (Wildman–Crippen LogP) is 3.77. The van der Waals surface area contributed by atoms with Gasteiger partial charge in [-0.1, -0.05) is 39.7 Å². The predicted molar refractivity (Wildman–Crippen MR) is 78.6 cm³/mol. The van der Waals surface area contributed by atoms with Gasteiger partial charge in [0.25, 0.3) is 0 Å². The van der Waals surface area contributed by atoms with Crippen molar-refractivity contribution in [1.29, 1.82) is 0 Å². The smallest absolute Gasteiger partial charge is 0.122 e. The second kappa shape index (κ2) is 4.99. The molecule has 3 rings (SSSR count). The van der Waals surface area contributed by atoms with Crippen LogP contribution < -0.4 is 4.74 Å². The first-order chi connectivity index (χ1) is 9.15. The van der Waals surface area contributed by atoms with E-state index in [-0.39, 0.29) is 0 Å². The largest absolute Gasteiger partial charge is 0.493 e. The van der Waals surface area contributed by atoms with Crippen LogP contribution in [0.2, 0.25) is 0 Å². The van der Waals surface area contributed by atoms with E-state index in [1.54, 1.807) is 0 Å². The van der Waals surface area contributed by atoms with Crippen LogP contribution in [0.25, 0.3) is 0 Å². The highest BCUT2D eigenvalue weighted by Gasteiger charge is 2.18. The molecule has 0 aromatic heterocycles. The van der Waals surface area contributed by atoms with E-state index in [1.807, 2.05) is 43.3 Å². The number of halogens is 1. The van der Waals surface area contributed by atoms with Crippen molar-refractivity contribution in [1.82, 2.24) is 0 Å². The molecule has 1 atom stereocenters. The number of benzene rings is 2. The zero-order chi connectivity index (χ0) is 13.4. The molecule has 1 N–H and O–H groups in total. The molecule has 19 heavy (non-hydrogen) atoms.